The Hall–Kier alpha value is -1.71. The van der Waals surface area contributed by atoms with Crippen LogP contribution in [0.25, 0.3) is 0 Å². The summed E-state index contributed by atoms with van der Waals surface area (Å²) in [6.07, 6.45) is 0.925. The van der Waals surface area contributed by atoms with Crippen LogP contribution >= 0.6 is 0 Å². The average molecular weight is 180 g/mol. The molecule has 0 unspecified atom stereocenters. The Morgan fingerprint density at radius 3 is 2.54 bits per heavy atom. The van der Waals surface area contributed by atoms with Crippen LogP contribution in [0.3, 0.4) is 0 Å². The van der Waals surface area contributed by atoms with Gasteiger partial charge in [-0.25, -0.2) is 0 Å². The number of hydrogen-bond donors (Lipinski definition) is 0. The highest BCUT2D eigenvalue weighted by atomic mass is 16.3. The Morgan fingerprint density at radius 1 is 1.38 bits per heavy atom. The highest BCUT2D eigenvalue weighted by Crippen LogP contribution is 2.04. The van der Waals surface area contributed by atoms with Crippen LogP contribution in [-0.4, -0.2) is 17.3 Å². The lowest BCUT2D eigenvalue weighted by Crippen LogP contribution is -2.14. The molecule has 1 heterocycles. The van der Waals surface area contributed by atoms with Gasteiger partial charge < -0.3 is 4.42 Å². The Labute approximate surface area is 74.5 Å². The fourth-order valence-electron chi connectivity index (χ4n) is 0.795. The predicted octanol–water partition coefficient (Wildman–Crippen LogP) is 1.01. The van der Waals surface area contributed by atoms with Gasteiger partial charge in [-0.2, -0.15) is 0 Å². The van der Waals surface area contributed by atoms with Crippen LogP contribution < -0.4 is 0 Å². The van der Waals surface area contributed by atoms with Crippen LogP contribution in [0, 0.1) is 0 Å². The molecule has 1 aromatic heterocycles. The average Bonchev–Trinajstić information content (AvgIpc) is 2.55. The second-order valence-electron chi connectivity index (χ2n) is 2.56. The summed E-state index contributed by atoms with van der Waals surface area (Å²) < 4.78 is 4.76. The van der Waals surface area contributed by atoms with Crippen LogP contribution in [0.5, 0.6) is 0 Å². The van der Waals surface area contributed by atoms with Crippen molar-refractivity contribution in [1.29, 1.82) is 0 Å². The third kappa shape index (κ3) is 2.37. The lowest BCUT2D eigenvalue weighted by atomic mass is 10.1. The summed E-state index contributed by atoms with van der Waals surface area (Å²) in [6, 6.07) is 3.00. The maximum Gasteiger partial charge on any atom is 0.205 e. The summed E-state index contributed by atoms with van der Waals surface area (Å²) >= 11 is 0. The molecule has 0 aliphatic heterocycles. The fourth-order valence-corrected chi connectivity index (χ4v) is 0.795. The zero-order valence-corrected chi connectivity index (χ0v) is 7.07. The van der Waals surface area contributed by atoms with E-state index >= 15 is 0 Å². The number of carbonyl (C=O) groups excluding carboxylic acids is 3. The molecule has 0 aliphatic rings. The van der Waals surface area contributed by atoms with Crippen molar-refractivity contribution in [2.45, 2.75) is 13.3 Å². The highest BCUT2D eigenvalue weighted by molar-refractivity contribution is 6.40. The van der Waals surface area contributed by atoms with Gasteiger partial charge in [0.15, 0.2) is 11.5 Å². The zero-order chi connectivity index (χ0) is 9.84. The first-order valence-corrected chi connectivity index (χ1v) is 3.71. The first-order valence-electron chi connectivity index (χ1n) is 3.71. The summed E-state index contributed by atoms with van der Waals surface area (Å²) in [5, 5.41) is 0. The fraction of sp³-hybridized carbons (Fsp3) is 0.222. The van der Waals surface area contributed by atoms with Gasteiger partial charge in [-0.05, 0) is 12.1 Å². The van der Waals surface area contributed by atoms with E-state index in [1.807, 2.05) is 0 Å². The molecule has 1 rings (SSSR count). The van der Waals surface area contributed by atoms with Crippen LogP contribution in [0.2, 0.25) is 0 Å². The van der Waals surface area contributed by atoms with E-state index < -0.39 is 23.8 Å². The quantitative estimate of drug-likeness (QED) is 0.394. The van der Waals surface area contributed by atoms with E-state index in [0.29, 0.717) is 0 Å². The van der Waals surface area contributed by atoms with Crippen molar-refractivity contribution in [3.8, 4) is 0 Å². The van der Waals surface area contributed by atoms with Gasteiger partial charge >= 0.3 is 0 Å². The summed E-state index contributed by atoms with van der Waals surface area (Å²) in [6.45, 7) is 1.14. The van der Waals surface area contributed by atoms with Crippen molar-refractivity contribution in [1.82, 2.24) is 0 Å². The minimum Gasteiger partial charge on any atom is -0.461 e. The zero-order valence-electron chi connectivity index (χ0n) is 7.07. The molecule has 68 valence electrons. The van der Waals surface area contributed by atoms with Gasteiger partial charge in [0.2, 0.25) is 11.6 Å². The first kappa shape index (κ1) is 9.38. The third-order valence-electron chi connectivity index (χ3n) is 1.51. The molecule has 13 heavy (non-hydrogen) atoms. The Bertz CT molecular complexity index is 335. The standard InChI is InChI=1S/C9H8O4/c1-6(10)7(11)5-8(12)9-3-2-4-13-9/h2-4H,5H2,1H3. The minimum absolute atomic E-state index is 0.106. The van der Waals surface area contributed by atoms with E-state index in [1.54, 1.807) is 6.07 Å². The Kier molecular flexibility index (Phi) is 2.74. The van der Waals surface area contributed by atoms with Crippen molar-refractivity contribution in [3.63, 3.8) is 0 Å². The molecule has 0 radical (unpaired) electrons. The lowest BCUT2D eigenvalue weighted by Gasteiger charge is -1.92. The van der Waals surface area contributed by atoms with Gasteiger partial charge in [0.1, 0.15) is 0 Å². The van der Waals surface area contributed by atoms with Crippen molar-refractivity contribution in [2.75, 3.05) is 0 Å². The molecule has 0 saturated carbocycles. The number of ketones is 3. The molecule has 4 heteroatoms. The van der Waals surface area contributed by atoms with Crippen LogP contribution in [-0.2, 0) is 9.59 Å². The summed E-state index contributed by atoms with van der Waals surface area (Å²) in [5.74, 6) is -1.67. The molecule has 0 aliphatic carbocycles. The Balaban J connectivity index is 2.62. The molecule has 1 aromatic rings. The number of Topliss-reactive ketones (excluding diaryl/α,β-unsaturated/α-hetero) is 3. The molecule has 0 fully saturated rings. The summed E-state index contributed by atoms with van der Waals surface area (Å²) in [5.41, 5.74) is 0. The molecule has 0 atom stereocenters. The van der Waals surface area contributed by atoms with Crippen LogP contribution in [0.1, 0.15) is 23.9 Å². The number of carbonyl (C=O) groups is 3. The lowest BCUT2D eigenvalue weighted by molar-refractivity contribution is -0.134. The number of furan rings is 1. The number of rotatable bonds is 4. The molecule has 0 aromatic carbocycles. The van der Waals surface area contributed by atoms with E-state index in [-0.39, 0.29) is 5.76 Å². The summed E-state index contributed by atoms with van der Waals surface area (Å²) in [7, 11) is 0. The molecule has 0 N–H and O–H groups in total. The maximum absolute atomic E-state index is 11.2. The second-order valence-corrected chi connectivity index (χ2v) is 2.56. The van der Waals surface area contributed by atoms with E-state index in [0.717, 1.165) is 6.92 Å². The monoisotopic (exact) mass is 180 g/mol. The minimum atomic E-state index is -0.693. The first-order chi connectivity index (χ1) is 6.11. The second kappa shape index (κ2) is 3.80. The van der Waals surface area contributed by atoms with Gasteiger partial charge in [-0.15, -0.1) is 0 Å². The molecule has 0 amide bonds. The van der Waals surface area contributed by atoms with Gasteiger partial charge in [0.05, 0.1) is 12.7 Å². The smallest absolute Gasteiger partial charge is 0.205 e. The highest BCUT2D eigenvalue weighted by Gasteiger charge is 2.16. The van der Waals surface area contributed by atoms with E-state index in [9.17, 15) is 14.4 Å². The van der Waals surface area contributed by atoms with Crippen molar-refractivity contribution in [3.05, 3.63) is 24.2 Å². The van der Waals surface area contributed by atoms with E-state index in [1.165, 1.54) is 12.3 Å². The van der Waals surface area contributed by atoms with Crippen LogP contribution in [0.4, 0.5) is 0 Å². The topological polar surface area (TPSA) is 64.3 Å². The normalized spacial score (nSPS) is 9.62. The third-order valence-corrected chi connectivity index (χ3v) is 1.51. The maximum atomic E-state index is 11.2. The van der Waals surface area contributed by atoms with Gasteiger partial charge in [0.25, 0.3) is 0 Å². The molecular formula is C9H8O4. The molecule has 4 nitrogen and oxygen atoms in total. The summed E-state index contributed by atoms with van der Waals surface area (Å²) in [4.78, 5) is 32.5. The van der Waals surface area contributed by atoms with Crippen molar-refractivity contribution >= 4 is 17.3 Å². The number of hydrogen-bond acceptors (Lipinski definition) is 4. The van der Waals surface area contributed by atoms with Gasteiger partial charge in [-0.1, -0.05) is 0 Å². The van der Waals surface area contributed by atoms with Gasteiger partial charge in [-0.3, -0.25) is 14.4 Å². The molecule has 0 spiro atoms. The molecule has 0 saturated heterocycles. The van der Waals surface area contributed by atoms with Crippen molar-refractivity contribution < 1.29 is 18.8 Å². The van der Waals surface area contributed by atoms with E-state index in [2.05, 4.69) is 0 Å². The molecular weight excluding hydrogens is 172 g/mol. The SMILES string of the molecule is CC(=O)C(=O)CC(=O)c1ccco1. The Morgan fingerprint density at radius 2 is 2.08 bits per heavy atom. The largest absolute Gasteiger partial charge is 0.461 e. The van der Waals surface area contributed by atoms with Crippen LogP contribution in [0.15, 0.2) is 22.8 Å². The van der Waals surface area contributed by atoms with E-state index in [4.69, 9.17) is 4.42 Å². The molecule has 0 bridgehead atoms. The predicted molar refractivity (Wildman–Crippen MR) is 43.3 cm³/mol. The van der Waals surface area contributed by atoms with Gasteiger partial charge in [0, 0.05) is 6.92 Å². The van der Waals surface area contributed by atoms with Crippen molar-refractivity contribution in [2.24, 2.45) is 0 Å².